The SMILES string of the molecule is COC[C@@H]1CCCN1Cc1sc(NC(=O)c2cnc(N3CCC(C(=O)O)CC3)cn2)nc1-c1ccc(OC)c(C(F)(F)F)c1.Cl.Cl. The molecule has 252 valence electrons. The second kappa shape index (κ2) is 16.0. The van der Waals surface area contributed by atoms with E-state index in [1.807, 2.05) is 4.90 Å². The molecule has 2 N–H and O–H groups in total. The Labute approximate surface area is 280 Å². The highest BCUT2D eigenvalue weighted by Gasteiger charge is 2.35. The molecule has 3 aromatic rings. The maximum absolute atomic E-state index is 13.8. The number of alkyl halides is 3. The maximum atomic E-state index is 13.8. The van der Waals surface area contributed by atoms with E-state index in [4.69, 9.17) is 9.47 Å². The van der Waals surface area contributed by atoms with Crippen molar-refractivity contribution in [2.45, 2.75) is 44.4 Å². The normalized spacial score (nSPS) is 17.2. The number of ether oxygens (including phenoxy) is 2. The number of amides is 1. The molecule has 2 saturated heterocycles. The standard InChI is InChI=1S/C29H33F3N6O5S.2ClH/c1-42-16-19-4-3-9-38(19)15-23-25(18-5-6-22(43-2)20(12-18)29(30,31)32)35-28(44-23)36-26(39)21-13-34-24(14-33-21)37-10-7-17(8-11-37)27(40)41;;/h5-6,12-14,17,19H,3-4,7-11,15-16H2,1-2H3,(H,40,41)(H,35,36,39);2*1H/t19-;;/m0../s1. The third-order valence-electron chi connectivity index (χ3n) is 7.94. The number of carboxylic acid groups (broad SMARTS) is 1. The number of hydrogen-bond donors (Lipinski definition) is 2. The molecule has 2 fully saturated rings. The Morgan fingerprint density at radius 3 is 2.43 bits per heavy atom. The van der Waals surface area contributed by atoms with Gasteiger partial charge in [-0.25, -0.2) is 15.0 Å². The van der Waals surface area contributed by atoms with Crippen LogP contribution in [-0.2, 0) is 22.3 Å². The second-order valence-corrected chi connectivity index (χ2v) is 11.8. The fourth-order valence-corrected chi connectivity index (χ4v) is 6.61. The zero-order chi connectivity index (χ0) is 31.4. The summed E-state index contributed by atoms with van der Waals surface area (Å²) in [6, 6.07) is 3.98. The van der Waals surface area contributed by atoms with Crippen molar-refractivity contribution in [2.24, 2.45) is 5.92 Å². The Bertz CT molecular complexity index is 1490. The number of nitrogens with zero attached hydrogens (tertiary/aromatic N) is 5. The first-order valence-corrected chi connectivity index (χ1v) is 15.0. The molecule has 17 heteroatoms. The van der Waals surface area contributed by atoms with Crippen molar-refractivity contribution < 1.29 is 37.3 Å². The zero-order valence-electron chi connectivity index (χ0n) is 25.1. The van der Waals surface area contributed by atoms with Gasteiger partial charge in [0.25, 0.3) is 5.91 Å². The number of thiazole rings is 1. The van der Waals surface area contributed by atoms with Gasteiger partial charge in [-0.05, 0) is 50.4 Å². The van der Waals surface area contributed by atoms with Gasteiger partial charge < -0.3 is 19.5 Å². The second-order valence-electron chi connectivity index (χ2n) is 10.7. The van der Waals surface area contributed by atoms with Gasteiger partial charge in [-0.15, -0.1) is 24.8 Å². The number of hydrogen-bond acceptors (Lipinski definition) is 10. The summed E-state index contributed by atoms with van der Waals surface area (Å²) >= 11 is 1.19. The molecular weight excluding hydrogens is 672 g/mol. The van der Waals surface area contributed by atoms with Crippen molar-refractivity contribution in [2.75, 3.05) is 50.7 Å². The van der Waals surface area contributed by atoms with E-state index < -0.39 is 23.6 Å². The Morgan fingerprint density at radius 1 is 1.09 bits per heavy atom. The molecular formula is C29H35Cl2F3N6O5S. The average molecular weight is 708 g/mol. The van der Waals surface area contributed by atoms with E-state index >= 15 is 0 Å². The van der Waals surface area contributed by atoms with Crippen LogP contribution in [0.3, 0.4) is 0 Å². The summed E-state index contributed by atoms with van der Waals surface area (Å²) in [6.07, 6.45) is 1.07. The first-order chi connectivity index (χ1) is 21.1. The molecule has 2 aliphatic rings. The van der Waals surface area contributed by atoms with Crippen LogP contribution < -0.4 is 15.0 Å². The largest absolute Gasteiger partial charge is 0.496 e. The van der Waals surface area contributed by atoms with Crippen LogP contribution in [0, 0.1) is 5.92 Å². The van der Waals surface area contributed by atoms with Crippen molar-refractivity contribution in [3.05, 3.63) is 46.7 Å². The average Bonchev–Trinajstić information content (AvgIpc) is 3.63. The molecule has 5 rings (SSSR count). The van der Waals surface area contributed by atoms with Gasteiger partial charge in [-0.1, -0.05) is 11.3 Å². The molecule has 0 spiro atoms. The van der Waals surface area contributed by atoms with E-state index in [1.165, 1.54) is 43.0 Å². The molecule has 2 aromatic heterocycles. The minimum Gasteiger partial charge on any atom is -0.496 e. The number of nitrogens with one attached hydrogen (secondary N) is 1. The molecule has 1 amide bonds. The van der Waals surface area contributed by atoms with Gasteiger partial charge in [0, 0.05) is 43.2 Å². The molecule has 1 aromatic carbocycles. The van der Waals surface area contributed by atoms with Crippen LogP contribution in [0.25, 0.3) is 11.3 Å². The number of methoxy groups -OCH3 is 2. The Morgan fingerprint density at radius 2 is 1.83 bits per heavy atom. The number of piperidine rings is 1. The smallest absolute Gasteiger partial charge is 0.419 e. The van der Waals surface area contributed by atoms with Crippen molar-refractivity contribution in [3.63, 3.8) is 0 Å². The van der Waals surface area contributed by atoms with Crippen molar-refractivity contribution >= 4 is 59.0 Å². The third-order valence-corrected chi connectivity index (χ3v) is 8.90. The number of anilines is 2. The molecule has 1 atom stereocenters. The fourth-order valence-electron chi connectivity index (χ4n) is 5.60. The van der Waals surface area contributed by atoms with Crippen molar-refractivity contribution in [3.8, 4) is 17.0 Å². The van der Waals surface area contributed by atoms with E-state index in [0.29, 0.717) is 55.5 Å². The van der Waals surface area contributed by atoms with Crippen LogP contribution in [0.2, 0.25) is 0 Å². The number of likely N-dealkylation sites (tertiary alicyclic amines) is 1. The number of rotatable bonds is 10. The molecule has 0 radical (unpaired) electrons. The summed E-state index contributed by atoms with van der Waals surface area (Å²) in [4.78, 5) is 42.3. The van der Waals surface area contributed by atoms with Gasteiger partial charge in [0.1, 0.15) is 17.3 Å². The molecule has 0 aliphatic carbocycles. The molecule has 2 aliphatic heterocycles. The molecule has 0 bridgehead atoms. The lowest BCUT2D eigenvalue weighted by Gasteiger charge is -2.30. The van der Waals surface area contributed by atoms with Gasteiger partial charge in [0.15, 0.2) is 5.13 Å². The third kappa shape index (κ3) is 8.56. The summed E-state index contributed by atoms with van der Waals surface area (Å²) in [7, 11) is 2.82. The van der Waals surface area contributed by atoms with Gasteiger partial charge in [0.2, 0.25) is 0 Å². The number of carbonyl (C=O) groups excluding carboxylic acids is 1. The summed E-state index contributed by atoms with van der Waals surface area (Å²) in [5.74, 6) is -1.50. The van der Waals surface area contributed by atoms with Crippen LogP contribution in [0.1, 0.15) is 46.6 Å². The number of aromatic nitrogens is 3. The maximum Gasteiger partial charge on any atom is 0.419 e. The van der Waals surface area contributed by atoms with Crippen LogP contribution in [0.4, 0.5) is 24.1 Å². The number of carbonyl (C=O) groups is 2. The summed E-state index contributed by atoms with van der Waals surface area (Å²) in [5, 5.41) is 12.2. The van der Waals surface area contributed by atoms with E-state index in [0.717, 1.165) is 25.5 Å². The number of aliphatic carboxylic acids is 1. The Hall–Kier alpha value is -3.24. The fraction of sp³-hybridized carbons (Fsp3) is 0.483. The number of halogens is 5. The predicted molar refractivity (Wildman–Crippen MR) is 171 cm³/mol. The molecule has 11 nitrogen and oxygen atoms in total. The quantitative estimate of drug-likeness (QED) is 0.273. The lowest BCUT2D eigenvalue weighted by molar-refractivity contribution is -0.142. The van der Waals surface area contributed by atoms with Gasteiger partial charge in [-0.3, -0.25) is 19.8 Å². The van der Waals surface area contributed by atoms with E-state index in [-0.39, 0.29) is 58.9 Å². The Balaban J connectivity index is 0.00000288. The van der Waals surface area contributed by atoms with Crippen molar-refractivity contribution in [1.82, 2.24) is 19.9 Å². The highest BCUT2D eigenvalue weighted by Crippen LogP contribution is 2.41. The topological polar surface area (TPSA) is 130 Å². The van der Waals surface area contributed by atoms with Crippen LogP contribution in [0.5, 0.6) is 5.75 Å². The minimum absolute atomic E-state index is 0. The highest BCUT2D eigenvalue weighted by molar-refractivity contribution is 7.16. The van der Waals surface area contributed by atoms with E-state index in [1.54, 1.807) is 7.11 Å². The van der Waals surface area contributed by atoms with Gasteiger partial charge in [-0.2, -0.15) is 13.2 Å². The predicted octanol–water partition coefficient (Wildman–Crippen LogP) is 5.64. The minimum atomic E-state index is -4.63. The monoisotopic (exact) mass is 706 g/mol. The summed E-state index contributed by atoms with van der Waals surface area (Å²) < 4.78 is 51.8. The number of carboxylic acids is 1. The summed E-state index contributed by atoms with van der Waals surface area (Å²) in [6.45, 7) is 2.80. The van der Waals surface area contributed by atoms with Crippen LogP contribution >= 0.6 is 36.2 Å². The lowest BCUT2D eigenvalue weighted by Crippen LogP contribution is -2.36. The molecule has 0 saturated carbocycles. The first-order valence-electron chi connectivity index (χ1n) is 14.2. The molecule has 0 unspecified atom stereocenters. The lowest BCUT2D eigenvalue weighted by atomic mass is 9.97. The first kappa shape index (κ1) is 37.2. The Kier molecular flexibility index (Phi) is 13.0. The van der Waals surface area contributed by atoms with E-state index in [9.17, 15) is 27.9 Å². The van der Waals surface area contributed by atoms with Crippen LogP contribution in [-0.4, -0.2) is 83.3 Å². The van der Waals surface area contributed by atoms with Gasteiger partial charge >= 0.3 is 12.1 Å². The molecule has 46 heavy (non-hydrogen) atoms. The van der Waals surface area contributed by atoms with Crippen molar-refractivity contribution in [1.29, 1.82) is 0 Å². The number of benzene rings is 1. The molecule has 4 heterocycles. The van der Waals surface area contributed by atoms with Crippen LogP contribution in [0.15, 0.2) is 30.6 Å². The summed E-state index contributed by atoms with van der Waals surface area (Å²) in [5.41, 5.74) is -0.283. The zero-order valence-corrected chi connectivity index (χ0v) is 27.5. The highest BCUT2D eigenvalue weighted by atomic mass is 35.5. The van der Waals surface area contributed by atoms with E-state index in [2.05, 4.69) is 25.2 Å². The van der Waals surface area contributed by atoms with Gasteiger partial charge in [0.05, 0.1) is 43.3 Å².